The molecule has 3 N–H and O–H groups in total. The predicted molar refractivity (Wildman–Crippen MR) is 265 cm³/mol. The Morgan fingerprint density at radius 1 is 0.771 bits per heavy atom. The minimum atomic E-state index is -1.38. The maximum atomic E-state index is 13.3. The number of ether oxygens (including phenoxy) is 5. The average molecular weight is 933 g/mol. The molecule has 1 aliphatic carbocycles. The smallest absolute Gasteiger partial charge is 0.232 e. The van der Waals surface area contributed by atoms with Crippen molar-refractivity contribution < 1.29 is 38.7 Å². The van der Waals surface area contributed by atoms with Crippen LogP contribution in [0.4, 0.5) is 0 Å². The van der Waals surface area contributed by atoms with Gasteiger partial charge in [-0.3, -0.25) is 4.79 Å². The first kappa shape index (κ1) is 54.7. The van der Waals surface area contributed by atoms with Crippen LogP contribution in [0, 0.1) is 143 Å². The highest BCUT2D eigenvalue weighted by Crippen LogP contribution is 2.34. The monoisotopic (exact) mass is 932 g/mol. The van der Waals surface area contributed by atoms with Crippen molar-refractivity contribution in [3.05, 3.63) is 82.2 Å². The van der Waals surface area contributed by atoms with E-state index in [2.05, 4.69) is 140 Å². The molecule has 1 saturated heterocycles. The largest absolute Gasteiger partial charge is 0.390 e. The molecule has 1 saturated carbocycles. The second-order valence-electron chi connectivity index (χ2n) is 15.6. The maximum absolute atomic E-state index is 13.3. The summed E-state index contributed by atoms with van der Waals surface area (Å²) in [4.78, 5) is 16.1. The Labute approximate surface area is 412 Å². The summed E-state index contributed by atoms with van der Waals surface area (Å²) >= 11 is 0. The molecule has 2 aliphatic rings. The fourth-order valence-electron chi connectivity index (χ4n) is 7.29. The molecule has 2 fully saturated rings. The molecule has 352 valence electrons. The fraction of sp³-hybridized carbons (Fsp3) is 0.397. The van der Waals surface area contributed by atoms with Crippen molar-refractivity contribution >= 4 is 5.91 Å². The summed E-state index contributed by atoms with van der Waals surface area (Å²) in [5.41, 5.74) is 10.6. The van der Waals surface area contributed by atoms with E-state index >= 15 is 0 Å². The highest BCUT2D eigenvalue weighted by Gasteiger charge is 2.46. The van der Waals surface area contributed by atoms with Gasteiger partial charge in [-0.05, 0) is 130 Å². The van der Waals surface area contributed by atoms with E-state index in [9.17, 15) is 15.0 Å². The third-order valence-corrected chi connectivity index (χ3v) is 10.6. The maximum Gasteiger partial charge on any atom is 0.232 e. The van der Waals surface area contributed by atoms with Gasteiger partial charge in [-0.25, -0.2) is 0 Å². The van der Waals surface area contributed by atoms with E-state index < -0.39 is 48.8 Å². The number of amides is 1. The number of nitrogens with one attached hydrogen (secondary N) is 1. The van der Waals surface area contributed by atoms with Crippen LogP contribution in [0.15, 0.2) is 65.8 Å². The second kappa shape index (κ2) is 34.4. The van der Waals surface area contributed by atoms with Gasteiger partial charge in [0.1, 0.15) is 18.3 Å². The van der Waals surface area contributed by atoms with Gasteiger partial charge in [0, 0.05) is 47.7 Å². The molecule has 2 aromatic carbocycles. The molecule has 8 atom stereocenters. The molecule has 70 heavy (non-hydrogen) atoms. The Balaban J connectivity index is 1.45. The molecule has 2 unspecified atom stereocenters. The standard InChI is InChI=1S/C58H52N4O8/c1-3-4-5-6-7-8-9-10-11-12-13-14-15-16-17-18-19-20-21-22-29-39-54(64)61-51(55(65)52(63)42-48-33-30-31-34-48)45-69-58-57(68-44-50-37-27-24-28-38-50)47(2)56(67-43-49-35-25-23-26-36-49)53(70-58)46-66-41-32-40-60-62-59/h1,23-28,35-38,47-48,51-53,55-58,63,65H,30-34,39-46H2,2H3,(H,61,64)/t47-,51-,52+,53?,55-,56+,57?,58-/m0/s1. The number of terminal acetylenes is 1. The molecule has 2 aromatic rings. The number of hydrogen-bond acceptors (Lipinski definition) is 9. The number of benzene rings is 2. The van der Waals surface area contributed by atoms with E-state index in [0.717, 1.165) is 36.8 Å². The Hall–Kier alpha value is -7.90. The SMILES string of the molecule is C#CC#CC#CC#CC#CC#CC#CC#CC#CC#CC#CCC(=O)N[C@@H](CO[C@H]1OC(COCCCN=[N+]=[N-])[C@H](OCc2ccccc2)[C@H](C)C1OCc1ccccc1)[C@H](O)[C@H](O)CC1CCCC1. The van der Waals surface area contributed by atoms with Gasteiger partial charge in [-0.1, -0.05) is 104 Å². The molecular weight excluding hydrogens is 881 g/mol. The zero-order valence-corrected chi connectivity index (χ0v) is 38.9. The zero-order chi connectivity index (χ0) is 49.7. The second-order valence-corrected chi connectivity index (χ2v) is 15.6. The lowest BCUT2D eigenvalue weighted by molar-refractivity contribution is -0.309. The van der Waals surface area contributed by atoms with Crippen LogP contribution >= 0.6 is 0 Å². The number of carbonyl (C=O) groups excluding carboxylic acids is 1. The van der Waals surface area contributed by atoms with Crippen molar-refractivity contribution in [2.75, 3.05) is 26.4 Å². The van der Waals surface area contributed by atoms with Crippen molar-refractivity contribution in [3.63, 3.8) is 0 Å². The summed E-state index contributed by atoms with van der Waals surface area (Å²) in [6.07, 6.45) is 4.38. The lowest BCUT2D eigenvalue weighted by Crippen LogP contribution is -2.58. The van der Waals surface area contributed by atoms with Gasteiger partial charge < -0.3 is 39.2 Å². The first-order valence-electron chi connectivity index (χ1n) is 22.6. The minimum absolute atomic E-state index is 0.137. The average Bonchev–Trinajstić information content (AvgIpc) is 3.89. The third kappa shape index (κ3) is 22.3. The lowest BCUT2D eigenvalue weighted by atomic mass is 9.90. The van der Waals surface area contributed by atoms with Crippen molar-refractivity contribution in [2.24, 2.45) is 17.0 Å². The molecule has 0 spiro atoms. The molecule has 12 heteroatoms. The van der Waals surface area contributed by atoms with Crippen LogP contribution in [0.2, 0.25) is 0 Å². The Kier molecular flexibility index (Phi) is 26.9. The molecule has 0 aromatic heterocycles. The van der Waals surface area contributed by atoms with Crippen LogP contribution < -0.4 is 5.32 Å². The molecule has 4 rings (SSSR count). The summed E-state index contributed by atoms with van der Waals surface area (Å²) < 4.78 is 32.3. The quantitative estimate of drug-likeness (QED) is 0.0513. The van der Waals surface area contributed by atoms with E-state index in [0.29, 0.717) is 26.1 Å². The summed E-state index contributed by atoms with van der Waals surface area (Å²) in [6, 6.07) is 18.4. The summed E-state index contributed by atoms with van der Waals surface area (Å²) in [5.74, 6) is 51.8. The number of rotatable bonds is 21. The molecule has 0 radical (unpaired) electrons. The van der Waals surface area contributed by atoms with Crippen LogP contribution in [0.3, 0.4) is 0 Å². The molecule has 1 heterocycles. The van der Waals surface area contributed by atoms with E-state index in [4.69, 9.17) is 35.6 Å². The van der Waals surface area contributed by atoms with Gasteiger partial charge in [0.15, 0.2) is 6.29 Å². The van der Waals surface area contributed by atoms with Crippen LogP contribution in [0.1, 0.15) is 63.0 Å². The molecular formula is C58H52N4O8. The highest BCUT2D eigenvalue weighted by atomic mass is 16.7. The van der Waals surface area contributed by atoms with Crippen LogP contribution in [0.25, 0.3) is 10.4 Å². The van der Waals surface area contributed by atoms with Gasteiger partial charge >= 0.3 is 0 Å². The first-order valence-corrected chi connectivity index (χ1v) is 22.6. The van der Waals surface area contributed by atoms with E-state index in [1.54, 1.807) is 0 Å². The Morgan fingerprint density at radius 2 is 1.29 bits per heavy atom. The topological polar surface area (TPSA) is 164 Å². The van der Waals surface area contributed by atoms with Gasteiger partial charge in [-0.2, -0.15) is 0 Å². The fourth-order valence-corrected chi connectivity index (χ4v) is 7.29. The van der Waals surface area contributed by atoms with Gasteiger partial charge in [0.2, 0.25) is 5.91 Å². The molecule has 1 aliphatic heterocycles. The number of azide groups is 1. The van der Waals surface area contributed by atoms with Gasteiger partial charge in [-0.15, -0.1) is 6.42 Å². The number of nitrogens with zero attached hydrogens (tertiary/aromatic N) is 3. The Bertz CT molecular complexity index is 2770. The van der Waals surface area contributed by atoms with Gasteiger partial charge in [0.25, 0.3) is 0 Å². The zero-order valence-electron chi connectivity index (χ0n) is 38.9. The Morgan fingerprint density at radius 3 is 1.81 bits per heavy atom. The predicted octanol–water partition coefficient (Wildman–Crippen LogP) is 5.10. The summed E-state index contributed by atoms with van der Waals surface area (Å²) in [5, 5.41) is 29.3. The third-order valence-electron chi connectivity index (χ3n) is 10.6. The number of aliphatic hydroxyl groups is 2. The van der Waals surface area contributed by atoms with Crippen molar-refractivity contribution in [1.82, 2.24) is 5.32 Å². The molecule has 1 amide bonds. The van der Waals surface area contributed by atoms with Crippen molar-refractivity contribution in [3.8, 4) is 131 Å². The van der Waals surface area contributed by atoms with E-state index in [-0.39, 0.29) is 44.6 Å². The lowest BCUT2D eigenvalue weighted by Gasteiger charge is -2.45. The molecule has 12 nitrogen and oxygen atoms in total. The van der Waals surface area contributed by atoms with Crippen LogP contribution in [-0.2, 0) is 41.7 Å². The normalized spacial score (nSPS) is 18.3. The number of aliphatic hydroxyl groups excluding tert-OH is 2. The highest BCUT2D eigenvalue weighted by molar-refractivity contribution is 5.79. The van der Waals surface area contributed by atoms with E-state index in [1.807, 2.05) is 67.6 Å². The number of carbonyl (C=O) groups is 1. The first-order chi connectivity index (χ1) is 34.4. The van der Waals surface area contributed by atoms with Crippen LogP contribution in [-0.4, -0.2) is 85.3 Å². The summed E-state index contributed by atoms with van der Waals surface area (Å²) in [6.45, 7) is 3.07. The molecule has 0 bridgehead atoms. The van der Waals surface area contributed by atoms with Gasteiger partial charge in [0.05, 0.1) is 51.1 Å². The van der Waals surface area contributed by atoms with E-state index in [1.165, 1.54) is 0 Å². The number of hydrogen-bond donors (Lipinski definition) is 3. The van der Waals surface area contributed by atoms with Crippen molar-refractivity contribution in [1.29, 1.82) is 0 Å². The minimum Gasteiger partial charge on any atom is -0.390 e. The van der Waals surface area contributed by atoms with Crippen LogP contribution in [0.5, 0.6) is 0 Å². The summed E-state index contributed by atoms with van der Waals surface area (Å²) in [7, 11) is 0. The van der Waals surface area contributed by atoms with Crippen molar-refractivity contribution in [2.45, 2.75) is 108 Å².